The molecule has 0 spiro atoms. The van der Waals surface area contributed by atoms with Crippen LogP contribution in [-0.4, -0.2) is 47.3 Å². The van der Waals surface area contributed by atoms with E-state index < -0.39 is 0 Å². The lowest BCUT2D eigenvalue weighted by Crippen LogP contribution is -2.48. The SMILES string of the molecule is CCC(=O)N(CC)C1CCN(C(=O)c2ccccc2)CC1. The third-order valence-corrected chi connectivity index (χ3v) is 4.18. The molecule has 0 aliphatic carbocycles. The lowest BCUT2D eigenvalue weighted by atomic mass is 10.0. The van der Waals surface area contributed by atoms with Crippen LogP contribution >= 0.6 is 0 Å². The summed E-state index contributed by atoms with van der Waals surface area (Å²) in [5, 5.41) is 0. The maximum Gasteiger partial charge on any atom is 0.253 e. The van der Waals surface area contributed by atoms with Crippen LogP contribution in [0, 0.1) is 0 Å². The summed E-state index contributed by atoms with van der Waals surface area (Å²) in [7, 11) is 0. The first-order valence-corrected chi connectivity index (χ1v) is 7.81. The summed E-state index contributed by atoms with van der Waals surface area (Å²) in [6.07, 6.45) is 2.30. The number of carbonyl (C=O) groups is 2. The lowest BCUT2D eigenvalue weighted by Gasteiger charge is -2.38. The van der Waals surface area contributed by atoms with Crippen LogP contribution in [0.2, 0.25) is 0 Å². The fourth-order valence-corrected chi connectivity index (χ4v) is 2.99. The van der Waals surface area contributed by atoms with Gasteiger partial charge in [0.25, 0.3) is 5.91 Å². The van der Waals surface area contributed by atoms with Gasteiger partial charge in [-0.2, -0.15) is 0 Å². The molecule has 1 fully saturated rings. The predicted molar refractivity (Wildman–Crippen MR) is 83.0 cm³/mol. The Bertz CT molecular complexity index is 479. The van der Waals surface area contributed by atoms with Crippen molar-refractivity contribution in [2.75, 3.05) is 19.6 Å². The molecule has 1 aliphatic rings. The largest absolute Gasteiger partial charge is 0.340 e. The molecule has 1 heterocycles. The summed E-state index contributed by atoms with van der Waals surface area (Å²) in [6, 6.07) is 9.68. The highest BCUT2D eigenvalue weighted by Gasteiger charge is 2.28. The quantitative estimate of drug-likeness (QED) is 0.854. The van der Waals surface area contributed by atoms with Crippen molar-refractivity contribution in [3.8, 4) is 0 Å². The highest BCUT2D eigenvalue weighted by atomic mass is 16.2. The van der Waals surface area contributed by atoms with Crippen LogP contribution in [0.15, 0.2) is 30.3 Å². The molecule has 0 atom stereocenters. The first-order valence-electron chi connectivity index (χ1n) is 7.81. The molecule has 0 N–H and O–H groups in total. The van der Waals surface area contributed by atoms with Crippen molar-refractivity contribution >= 4 is 11.8 Å². The second kappa shape index (κ2) is 7.25. The highest BCUT2D eigenvalue weighted by Crippen LogP contribution is 2.19. The molecule has 21 heavy (non-hydrogen) atoms. The number of benzene rings is 1. The molecule has 0 saturated carbocycles. The van der Waals surface area contributed by atoms with Crippen molar-refractivity contribution in [3.63, 3.8) is 0 Å². The van der Waals surface area contributed by atoms with Gasteiger partial charge in [0.15, 0.2) is 0 Å². The Balaban J connectivity index is 1.94. The number of amides is 2. The van der Waals surface area contributed by atoms with Gasteiger partial charge in [0.2, 0.25) is 5.91 Å². The van der Waals surface area contributed by atoms with E-state index in [4.69, 9.17) is 0 Å². The summed E-state index contributed by atoms with van der Waals surface area (Å²) >= 11 is 0. The zero-order valence-corrected chi connectivity index (χ0v) is 12.9. The second-order valence-electron chi connectivity index (χ2n) is 5.42. The number of nitrogens with zero attached hydrogens (tertiary/aromatic N) is 2. The molecule has 0 radical (unpaired) electrons. The standard InChI is InChI=1S/C17H24N2O2/c1-3-16(20)19(4-2)15-10-12-18(13-11-15)17(21)14-8-6-5-7-9-14/h5-9,15H,3-4,10-13H2,1-2H3. The third kappa shape index (κ3) is 3.63. The summed E-state index contributed by atoms with van der Waals surface area (Å²) in [5.41, 5.74) is 0.743. The predicted octanol–water partition coefficient (Wildman–Crippen LogP) is 2.55. The molecule has 2 rings (SSSR count). The number of hydrogen-bond acceptors (Lipinski definition) is 2. The van der Waals surface area contributed by atoms with Gasteiger partial charge in [0.05, 0.1) is 0 Å². The van der Waals surface area contributed by atoms with E-state index in [1.807, 2.05) is 54.0 Å². The maximum absolute atomic E-state index is 12.4. The van der Waals surface area contributed by atoms with E-state index in [0.717, 1.165) is 38.0 Å². The molecule has 4 heteroatoms. The minimum Gasteiger partial charge on any atom is -0.340 e. The molecule has 1 aromatic rings. The molecule has 0 bridgehead atoms. The first-order chi connectivity index (χ1) is 10.2. The molecule has 2 amide bonds. The Morgan fingerprint density at radius 2 is 1.76 bits per heavy atom. The molecule has 1 aromatic carbocycles. The van der Waals surface area contributed by atoms with Crippen LogP contribution in [0.1, 0.15) is 43.5 Å². The minimum atomic E-state index is 0.0962. The van der Waals surface area contributed by atoms with E-state index >= 15 is 0 Å². The molecule has 114 valence electrons. The van der Waals surface area contributed by atoms with Crippen molar-refractivity contribution in [1.82, 2.24) is 9.80 Å². The molecular weight excluding hydrogens is 264 g/mol. The van der Waals surface area contributed by atoms with E-state index in [2.05, 4.69) is 0 Å². The van der Waals surface area contributed by atoms with Gasteiger partial charge in [-0.25, -0.2) is 0 Å². The maximum atomic E-state index is 12.4. The summed E-state index contributed by atoms with van der Waals surface area (Å²) < 4.78 is 0. The van der Waals surface area contributed by atoms with Gasteiger partial charge in [0, 0.05) is 37.7 Å². The number of likely N-dealkylation sites (tertiary alicyclic amines) is 1. The summed E-state index contributed by atoms with van der Waals surface area (Å²) in [4.78, 5) is 28.2. The zero-order valence-electron chi connectivity index (χ0n) is 12.9. The van der Waals surface area contributed by atoms with Crippen LogP contribution in [0.5, 0.6) is 0 Å². The number of piperidine rings is 1. The summed E-state index contributed by atoms with van der Waals surface area (Å²) in [5.74, 6) is 0.309. The molecule has 0 aromatic heterocycles. The monoisotopic (exact) mass is 288 g/mol. The van der Waals surface area contributed by atoms with Crippen LogP contribution in [-0.2, 0) is 4.79 Å². The molecular formula is C17H24N2O2. The Kier molecular flexibility index (Phi) is 5.37. The van der Waals surface area contributed by atoms with E-state index in [9.17, 15) is 9.59 Å². The van der Waals surface area contributed by atoms with Crippen LogP contribution < -0.4 is 0 Å². The van der Waals surface area contributed by atoms with E-state index in [0.29, 0.717) is 6.42 Å². The van der Waals surface area contributed by atoms with Crippen molar-refractivity contribution in [2.24, 2.45) is 0 Å². The fourth-order valence-electron chi connectivity index (χ4n) is 2.99. The molecule has 4 nitrogen and oxygen atoms in total. The van der Waals surface area contributed by atoms with Crippen molar-refractivity contribution in [1.29, 1.82) is 0 Å². The molecule has 1 aliphatic heterocycles. The average molecular weight is 288 g/mol. The van der Waals surface area contributed by atoms with Gasteiger partial charge in [-0.3, -0.25) is 9.59 Å². The minimum absolute atomic E-state index is 0.0962. The second-order valence-corrected chi connectivity index (χ2v) is 5.42. The normalized spacial score (nSPS) is 15.8. The van der Waals surface area contributed by atoms with E-state index in [-0.39, 0.29) is 17.9 Å². The fraction of sp³-hybridized carbons (Fsp3) is 0.529. The van der Waals surface area contributed by atoms with E-state index in [1.54, 1.807) is 0 Å². The van der Waals surface area contributed by atoms with Gasteiger partial charge < -0.3 is 9.80 Å². The van der Waals surface area contributed by atoms with Crippen LogP contribution in [0.25, 0.3) is 0 Å². The lowest BCUT2D eigenvalue weighted by molar-refractivity contribution is -0.133. The first kappa shape index (κ1) is 15.5. The highest BCUT2D eigenvalue weighted by molar-refractivity contribution is 5.94. The Hall–Kier alpha value is -1.84. The Morgan fingerprint density at radius 1 is 1.14 bits per heavy atom. The zero-order chi connectivity index (χ0) is 15.2. The topological polar surface area (TPSA) is 40.6 Å². The van der Waals surface area contributed by atoms with Gasteiger partial charge >= 0.3 is 0 Å². The van der Waals surface area contributed by atoms with Gasteiger partial charge in [-0.05, 0) is 31.9 Å². The van der Waals surface area contributed by atoms with Crippen molar-refractivity contribution in [3.05, 3.63) is 35.9 Å². The third-order valence-electron chi connectivity index (χ3n) is 4.18. The van der Waals surface area contributed by atoms with Crippen molar-refractivity contribution in [2.45, 2.75) is 39.2 Å². The smallest absolute Gasteiger partial charge is 0.253 e. The Morgan fingerprint density at radius 3 is 2.29 bits per heavy atom. The molecule has 1 saturated heterocycles. The van der Waals surface area contributed by atoms with Gasteiger partial charge in [-0.15, -0.1) is 0 Å². The van der Waals surface area contributed by atoms with Gasteiger partial charge in [0.1, 0.15) is 0 Å². The number of rotatable bonds is 4. The van der Waals surface area contributed by atoms with Crippen LogP contribution in [0.4, 0.5) is 0 Å². The summed E-state index contributed by atoms with van der Waals surface area (Å²) in [6.45, 7) is 6.13. The number of hydrogen-bond donors (Lipinski definition) is 0. The average Bonchev–Trinajstić information content (AvgIpc) is 2.56. The van der Waals surface area contributed by atoms with E-state index in [1.165, 1.54) is 0 Å². The number of carbonyl (C=O) groups excluding carboxylic acids is 2. The van der Waals surface area contributed by atoms with Crippen molar-refractivity contribution < 1.29 is 9.59 Å². The van der Waals surface area contributed by atoms with Crippen LogP contribution in [0.3, 0.4) is 0 Å². The Labute approximate surface area is 126 Å². The molecule has 0 unspecified atom stereocenters. The van der Waals surface area contributed by atoms with Gasteiger partial charge in [-0.1, -0.05) is 25.1 Å².